The molecule has 104 valence electrons. The van der Waals surface area contributed by atoms with Gasteiger partial charge in [0.2, 0.25) is 0 Å². The van der Waals surface area contributed by atoms with Gasteiger partial charge in [0.15, 0.2) is 0 Å². The quantitative estimate of drug-likeness (QED) is 0.548. The average molecular weight is 422 g/mol. The van der Waals surface area contributed by atoms with Crippen LogP contribution in [0.2, 0.25) is 0 Å². The van der Waals surface area contributed by atoms with Crippen molar-refractivity contribution in [1.29, 1.82) is 0 Å². The summed E-state index contributed by atoms with van der Waals surface area (Å²) in [6, 6.07) is 7.29. The Morgan fingerprint density at radius 2 is 1.75 bits per heavy atom. The molecule has 0 amide bonds. The zero-order chi connectivity index (χ0) is 14.9. The van der Waals surface area contributed by atoms with Crippen LogP contribution in [0.5, 0.6) is 0 Å². The van der Waals surface area contributed by atoms with E-state index < -0.39 is 11.6 Å². The molecule has 0 spiro atoms. The smallest absolute Gasteiger partial charge is 0.147 e. The monoisotopic (exact) mass is 420 g/mol. The number of hydrogen-bond donors (Lipinski definition) is 2. The molecule has 0 bridgehead atoms. The van der Waals surface area contributed by atoms with Crippen LogP contribution in [0.3, 0.4) is 0 Å². The number of nitrogens with two attached hydrogens (primary N) is 1. The molecule has 0 aliphatic rings. The van der Waals surface area contributed by atoms with Crippen LogP contribution in [0, 0.1) is 11.6 Å². The van der Waals surface area contributed by atoms with Gasteiger partial charge in [-0.3, -0.25) is 0 Å². The van der Waals surface area contributed by atoms with Crippen molar-refractivity contribution in [2.45, 2.75) is 0 Å². The van der Waals surface area contributed by atoms with E-state index in [1.807, 2.05) is 0 Å². The summed E-state index contributed by atoms with van der Waals surface area (Å²) in [6.45, 7) is 0. The molecule has 7 heteroatoms. The van der Waals surface area contributed by atoms with Crippen LogP contribution < -0.4 is 11.1 Å². The van der Waals surface area contributed by atoms with Gasteiger partial charge in [-0.1, -0.05) is 18.3 Å². The van der Waals surface area contributed by atoms with Crippen LogP contribution in [-0.4, -0.2) is 4.99 Å². The summed E-state index contributed by atoms with van der Waals surface area (Å²) in [5.41, 5.74) is 6.67. The van der Waals surface area contributed by atoms with Gasteiger partial charge in [0.1, 0.15) is 16.6 Å². The Balaban J connectivity index is 2.48. The number of anilines is 2. The topological polar surface area (TPSA) is 38.0 Å². The van der Waals surface area contributed by atoms with Crippen molar-refractivity contribution in [2.75, 3.05) is 5.32 Å². The third-order valence-electron chi connectivity index (χ3n) is 2.54. The lowest BCUT2D eigenvalue weighted by Crippen LogP contribution is -2.13. The number of thiocarbonyl (C=S) groups is 1. The van der Waals surface area contributed by atoms with Crippen molar-refractivity contribution in [3.05, 3.63) is 56.5 Å². The molecule has 0 radical (unpaired) electrons. The van der Waals surface area contributed by atoms with E-state index in [0.29, 0.717) is 15.7 Å². The van der Waals surface area contributed by atoms with Crippen LogP contribution in [0.15, 0.2) is 39.3 Å². The lowest BCUT2D eigenvalue weighted by Gasteiger charge is -2.13. The van der Waals surface area contributed by atoms with Gasteiger partial charge in [0.25, 0.3) is 0 Å². The van der Waals surface area contributed by atoms with E-state index in [1.54, 1.807) is 18.2 Å². The molecule has 0 atom stereocenters. The lowest BCUT2D eigenvalue weighted by molar-refractivity contribution is 0.598. The van der Waals surface area contributed by atoms with E-state index >= 15 is 0 Å². The minimum Gasteiger partial charge on any atom is -0.389 e. The van der Waals surface area contributed by atoms with Gasteiger partial charge in [0.05, 0.1) is 10.2 Å². The van der Waals surface area contributed by atoms with Gasteiger partial charge >= 0.3 is 0 Å². The molecular weight excluding hydrogens is 414 g/mol. The molecule has 0 saturated heterocycles. The van der Waals surface area contributed by atoms with E-state index in [1.165, 1.54) is 0 Å². The Hall–Kier alpha value is -1.05. The van der Waals surface area contributed by atoms with Gasteiger partial charge in [-0.2, -0.15) is 0 Å². The number of benzene rings is 2. The largest absolute Gasteiger partial charge is 0.389 e. The summed E-state index contributed by atoms with van der Waals surface area (Å²) in [5.74, 6) is -1.16. The Kier molecular flexibility index (Phi) is 4.72. The van der Waals surface area contributed by atoms with Crippen LogP contribution in [0.4, 0.5) is 20.2 Å². The van der Waals surface area contributed by atoms with E-state index in [-0.39, 0.29) is 15.1 Å². The maximum Gasteiger partial charge on any atom is 0.147 e. The highest BCUT2D eigenvalue weighted by atomic mass is 79.9. The molecule has 2 aromatic carbocycles. The van der Waals surface area contributed by atoms with Gasteiger partial charge in [-0.05, 0) is 50.1 Å². The first-order valence-corrected chi connectivity index (χ1v) is 7.39. The molecule has 2 nitrogen and oxygen atoms in total. The van der Waals surface area contributed by atoms with Crippen molar-refractivity contribution in [3.63, 3.8) is 0 Å². The molecule has 0 aliphatic heterocycles. The maximum atomic E-state index is 13.8. The predicted octanol–water partition coefficient (Wildman–Crippen LogP) is 4.87. The number of rotatable bonds is 3. The fourth-order valence-corrected chi connectivity index (χ4v) is 2.89. The molecule has 2 aromatic rings. The van der Waals surface area contributed by atoms with E-state index in [0.717, 1.165) is 12.1 Å². The second kappa shape index (κ2) is 6.15. The average Bonchev–Trinajstić information content (AvgIpc) is 2.35. The second-order valence-electron chi connectivity index (χ2n) is 3.90. The van der Waals surface area contributed by atoms with Crippen LogP contribution in [0.25, 0.3) is 0 Å². The summed E-state index contributed by atoms with van der Waals surface area (Å²) in [4.78, 5) is 0.151. The highest BCUT2D eigenvalue weighted by Gasteiger charge is 2.13. The molecule has 0 aliphatic carbocycles. The molecule has 0 saturated carbocycles. The molecule has 3 N–H and O–H groups in total. The molecule has 0 unspecified atom stereocenters. The van der Waals surface area contributed by atoms with Crippen molar-refractivity contribution in [1.82, 2.24) is 0 Å². The first kappa shape index (κ1) is 15.3. The first-order chi connectivity index (χ1) is 9.40. The zero-order valence-corrected chi connectivity index (χ0v) is 13.9. The number of nitrogens with one attached hydrogen (secondary N) is 1. The molecular formula is C13H8Br2F2N2S. The second-order valence-corrected chi connectivity index (χ2v) is 6.05. The fraction of sp³-hybridized carbons (Fsp3) is 0. The Bertz CT molecular complexity index is 692. The molecule has 0 aromatic heterocycles. The lowest BCUT2D eigenvalue weighted by atomic mass is 10.1. The predicted molar refractivity (Wildman–Crippen MR) is 87.4 cm³/mol. The highest BCUT2D eigenvalue weighted by Crippen LogP contribution is 2.30. The summed E-state index contributed by atoms with van der Waals surface area (Å²) in [6.07, 6.45) is 0. The van der Waals surface area contributed by atoms with Crippen molar-refractivity contribution < 1.29 is 8.78 Å². The number of hydrogen-bond acceptors (Lipinski definition) is 2. The standard InChI is InChI=1S/C13H8Br2F2N2S/c14-6-2-1-3-10(12(6)13(18)20)19-11-5-8(16)7(15)4-9(11)17/h1-5,19H,(H2,18,20). The van der Waals surface area contributed by atoms with Gasteiger partial charge in [-0.25, -0.2) is 8.78 Å². The van der Waals surface area contributed by atoms with Crippen molar-refractivity contribution >= 4 is 60.4 Å². The van der Waals surface area contributed by atoms with Crippen LogP contribution in [0.1, 0.15) is 5.56 Å². The summed E-state index contributed by atoms with van der Waals surface area (Å²) in [5, 5.41) is 2.80. The van der Waals surface area contributed by atoms with E-state index in [2.05, 4.69) is 37.2 Å². The number of halogens is 4. The van der Waals surface area contributed by atoms with Gasteiger partial charge < -0.3 is 11.1 Å². The Labute approximate surface area is 136 Å². The molecule has 20 heavy (non-hydrogen) atoms. The molecule has 2 rings (SSSR count). The van der Waals surface area contributed by atoms with Crippen LogP contribution >= 0.6 is 44.1 Å². The minimum atomic E-state index is -0.591. The normalized spacial score (nSPS) is 10.4. The SMILES string of the molecule is NC(=S)c1c(Br)cccc1Nc1cc(F)c(Br)cc1F. The third-order valence-corrected chi connectivity index (χ3v) is 4.01. The summed E-state index contributed by atoms with van der Waals surface area (Å²) < 4.78 is 28.0. The van der Waals surface area contributed by atoms with Crippen molar-refractivity contribution in [2.24, 2.45) is 5.73 Å². The van der Waals surface area contributed by atoms with Gasteiger partial charge in [0, 0.05) is 21.8 Å². The first-order valence-electron chi connectivity index (χ1n) is 5.40. The van der Waals surface area contributed by atoms with Gasteiger partial charge in [-0.15, -0.1) is 0 Å². The molecule has 0 fully saturated rings. The third kappa shape index (κ3) is 3.16. The van der Waals surface area contributed by atoms with E-state index in [4.69, 9.17) is 18.0 Å². The van der Waals surface area contributed by atoms with E-state index in [9.17, 15) is 8.78 Å². The minimum absolute atomic E-state index is 0.00120. The highest BCUT2D eigenvalue weighted by molar-refractivity contribution is 9.10. The summed E-state index contributed by atoms with van der Waals surface area (Å²) >= 11 is 11.2. The molecule has 0 heterocycles. The van der Waals surface area contributed by atoms with Crippen LogP contribution in [-0.2, 0) is 0 Å². The Morgan fingerprint density at radius 3 is 2.40 bits per heavy atom. The van der Waals surface area contributed by atoms with Crippen molar-refractivity contribution in [3.8, 4) is 0 Å². The maximum absolute atomic E-state index is 13.8. The Morgan fingerprint density at radius 1 is 1.05 bits per heavy atom. The zero-order valence-electron chi connectivity index (χ0n) is 9.88. The fourth-order valence-electron chi connectivity index (χ4n) is 1.64. The summed E-state index contributed by atoms with van der Waals surface area (Å²) in [7, 11) is 0.